The molecule has 1 aliphatic rings. The number of phenolic OH excluding ortho intramolecular Hbond substituents is 1. The summed E-state index contributed by atoms with van der Waals surface area (Å²) in [5.74, 6) is 0.272. The first kappa shape index (κ1) is 21.6. The number of fused-ring (bicyclic) bond motifs is 1. The third kappa shape index (κ3) is 4.84. The summed E-state index contributed by atoms with van der Waals surface area (Å²) in [5, 5.41) is 10.2. The van der Waals surface area contributed by atoms with Crippen LogP contribution in [0.2, 0.25) is 0 Å². The fraction of sp³-hybridized carbons (Fsp3) is 0.280. The van der Waals surface area contributed by atoms with Gasteiger partial charge in [0.15, 0.2) is 0 Å². The smallest absolute Gasteiger partial charge is 0.328 e. The van der Waals surface area contributed by atoms with Crippen molar-refractivity contribution in [2.24, 2.45) is 0 Å². The van der Waals surface area contributed by atoms with E-state index in [0.29, 0.717) is 37.4 Å². The van der Waals surface area contributed by atoms with E-state index in [1.54, 1.807) is 29.4 Å². The molecule has 0 saturated heterocycles. The second kappa shape index (κ2) is 9.70. The minimum absolute atomic E-state index is 0.0602. The van der Waals surface area contributed by atoms with Gasteiger partial charge < -0.3 is 19.2 Å². The molecule has 1 aromatic heterocycles. The summed E-state index contributed by atoms with van der Waals surface area (Å²) in [6, 6.07) is 17.8. The number of rotatable bonds is 7. The maximum Gasteiger partial charge on any atom is 0.328 e. The van der Waals surface area contributed by atoms with Crippen LogP contribution in [0.25, 0.3) is 0 Å². The first-order valence-corrected chi connectivity index (χ1v) is 10.5. The van der Waals surface area contributed by atoms with Crippen LogP contribution in [-0.4, -0.2) is 46.5 Å². The lowest BCUT2D eigenvalue weighted by atomic mass is 9.94. The predicted molar refractivity (Wildman–Crippen MR) is 117 cm³/mol. The van der Waals surface area contributed by atoms with Crippen molar-refractivity contribution in [1.29, 1.82) is 0 Å². The van der Waals surface area contributed by atoms with Crippen molar-refractivity contribution in [3.8, 4) is 5.75 Å². The van der Waals surface area contributed by atoms with Crippen LogP contribution in [0, 0.1) is 0 Å². The van der Waals surface area contributed by atoms with Gasteiger partial charge >= 0.3 is 5.97 Å². The zero-order chi connectivity index (χ0) is 22.5. The molecule has 0 spiro atoms. The minimum atomic E-state index is -0.669. The van der Waals surface area contributed by atoms with Crippen molar-refractivity contribution >= 4 is 11.9 Å². The molecular formula is C25H26N2O5. The van der Waals surface area contributed by atoms with Gasteiger partial charge in [-0.15, -0.1) is 0 Å². The third-order valence-electron chi connectivity index (χ3n) is 5.75. The van der Waals surface area contributed by atoms with Gasteiger partial charge in [0, 0.05) is 25.1 Å². The molecule has 0 bridgehead atoms. The molecule has 32 heavy (non-hydrogen) atoms. The molecule has 3 aromatic rings. The highest BCUT2D eigenvalue weighted by molar-refractivity contribution is 5.86. The second-order valence-corrected chi connectivity index (χ2v) is 7.89. The summed E-state index contributed by atoms with van der Waals surface area (Å²) in [6.07, 6.45) is 2.01. The molecule has 1 aliphatic heterocycles. The molecule has 1 amide bonds. The van der Waals surface area contributed by atoms with Crippen LogP contribution in [0.4, 0.5) is 0 Å². The van der Waals surface area contributed by atoms with Gasteiger partial charge in [-0.3, -0.25) is 9.69 Å². The number of carbonyl (C=O) groups is 2. The summed E-state index contributed by atoms with van der Waals surface area (Å²) >= 11 is 0. The Kier molecular flexibility index (Phi) is 6.56. The normalized spacial score (nSPS) is 15.4. The van der Waals surface area contributed by atoms with E-state index in [4.69, 9.17) is 9.15 Å². The van der Waals surface area contributed by atoms with E-state index in [1.807, 2.05) is 47.4 Å². The van der Waals surface area contributed by atoms with Crippen molar-refractivity contribution in [3.05, 3.63) is 89.4 Å². The number of methoxy groups -OCH3 is 1. The average Bonchev–Trinajstić information content (AvgIpc) is 3.32. The Balaban J connectivity index is 1.56. The highest BCUT2D eigenvalue weighted by Gasteiger charge is 2.35. The summed E-state index contributed by atoms with van der Waals surface area (Å²) in [5.41, 5.74) is 2.79. The molecule has 166 valence electrons. The number of furan rings is 1. The van der Waals surface area contributed by atoms with Gasteiger partial charge in [0.1, 0.15) is 17.6 Å². The molecule has 0 fully saturated rings. The van der Waals surface area contributed by atoms with Crippen molar-refractivity contribution < 1.29 is 23.8 Å². The maximum absolute atomic E-state index is 13.4. The number of ether oxygens (including phenoxy) is 1. The molecule has 4 rings (SSSR count). The lowest BCUT2D eigenvalue weighted by Crippen LogP contribution is -2.51. The summed E-state index contributed by atoms with van der Waals surface area (Å²) in [6.45, 7) is 1.15. The Labute approximate surface area is 186 Å². The van der Waals surface area contributed by atoms with E-state index in [1.165, 1.54) is 7.11 Å². The monoisotopic (exact) mass is 434 g/mol. The van der Waals surface area contributed by atoms with E-state index in [0.717, 1.165) is 11.1 Å². The van der Waals surface area contributed by atoms with Crippen LogP contribution < -0.4 is 0 Å². The average molecular weight is 434 g/mol. The Bertz CT molecular complexity index is 1080. The highest BCUT2D eigenvalue weighted by atomic mass is 16.5. The SMILES string of the molecule is COC(=O)C1Cc2ccccc2CN1C(=O)CN(Cc1ccco1)Cc1ccccc1O. The number of hydrogen-bond donors (Lipinski definition) is 1. The molecule has 0 saturated carbocycles. The largest absolute Gasteiger partial charge is 0.508 e. The van der Waals surface area contributed by atoms with Crippen molar-refractivity contribution in [3.63, 3.8) is 0 Å². The molecule has 1 unspecified atom stereocenters. The zero-order valence-electron chi connectivity index (χ0n) is 17.9. The fourth-order valence-corrected chi connectivity index (χ4v) is 4.09. The van der Waals surface area contributed by atoms with E-state index in [-0.39, 0.29) is 18.2 Å². The Morgan fingerprint density at radius 1 is 1.06 bits per heavy atom. The van der Waals surface area contributed by atoms with Crippen molar-refractivity contribution in [2.75, 3.05) is 13.7 Å². The maximum atomic E-state index is 13.4. The molecule has 0 aliphatic carbocycles. The van der Waals surface area contributed by atoms with E-state index in [2.05, 4.69) is 0 Å². The number of nitrogens with zero attached hydrogens (tertiary/aromatic N) is 2. The summed E-state index contributed by atoms with van der Waals surface area (Å²) < 4.78 is 10.5. The van der Waals surface area contributed by atoms with Crippen LogP contribution in [0.3, 0.4) is 0 Å². The molecule has 1 atom stereocenters. The number of esters is 1. The van der Waals surface area contributed by atoms with Crippen LogP contribution in [-0.2, 0) is 40.4 Å². The van der Waals surface area contributed by atoms with Crippen LogP contribution >= 0.6 is 0 Å². The lowest BCUT2D eigenvalue weighted by Gasteiger charge is -2.36. The quantitative estimate of drug-likeness (QED) is 0.576. The molecule has 2 aromatic carbocycles. The summed E-state index contributed by atoms with van der Waals surface area (Å²) in [7, 11) is 1.34. The van der Waals surface area contributed by atoms with E-state index < -0.39 is 12.0 Å². The number of carbonyl (C=O) groups excluding carboxylic acids is 2. The Morgan fingerprint density at radius 3 is 2.53 bits per heavy atom. The van der Waals surface area contributed by atoms with E-state index in [9.17, 15) is 14.7 Å². The topological polar surface area (TPSA) is 83.2 Å². The molecular weight excluding hydrogens is 408 g/mol. The van der Waals surface area contributed by atoms with Gasteiger partial charge in [0.05, 0.1) is 26.5 Å². The lowest BCUT2D eigenvalue weighted by molar-refractivity contribution is -0.154. The minimum Gasteiger partial charge on any atom is -0.508 e. The Morgan fingerprint density at radius 2 is 1.81 bits per heavy atom. The molecule has 7 nitrogen and oxygen atoms in total. The standard InChI is InChI=1S/C25H26N2O5/c1-31-25(30)22-13-18-7-2-3-8-19(18)15-27(22)24(29)17-26(16-21-10-6-12-32-21)14-20-9-4-5-11-23(20)28/h2-12,22,28H,13-17H2,1H3. The van der Waals surface area contributed by atoms with Crippen LogP contribution in [0.5, 0.6) is 5.75 Å². The zero-order valence-corrected chi connectivity index (χ0v) is 17.9. The predicted octanol–water partition coefficient (Wildman–Crippen LogP) is 3.11. The second-order valence-electron chi connectivity index (χ2n) is 7.89. The van der Waals surface area contributed by atoms with Gasteiger partial charge in [0.2, 0.25) is 5.91 Å². The van der Waals surface area contributed by atoms with Crippen molar-refractivity contribution in [1.82, 2.24) is 9.80 Å². The van der Waals surface area contributed by atoms with Gasteiger partial charge in [0.25, 0.3) is 0 Å². The molecule has 7 heteroatoms. The van der Waals surface area contributed by atoms with Gasteiger partial charge in [-0.25, -0.2) is 4.79 Å². The fourth-order valence-electron chi connectivity index (χ4n) is 4.09. The number of benzene rings is 2. The van der Waals surface area contributed by atoms with Gasteiger partial charge in [-0.1, -0.05) is 42.5 Å². The first-order chi connectivity index (χ1) is 15.5. The molecule has 2 heterocycles. The first-order valence-electron chi connectivity index (χ1n) is 10.5. The van der Waals surface area contributed by atoms with Crippen molar-refractivity contribution in [2.45, 2.75) is 32.1 Å². The summed E-state index contributed by atoms with van der Waals surface area (Å²) in [4.78, 5) is 29.4. The number of aromatic hydroxyl groups is 1. The third-order valence-corrected chi connectivity index (χ3v) is 5.75. The number of hydrogen-bond acceptors (Lipinski definition) is 6. The number of para-hydroxylation sites is 1. The van der Waals surface area contributed by atoms with E-state index >= 15 is 0 Å². The number of phenols is 1. The van der Waals surface area contributed by atoms with Crippen LogP contribution in [0.1, 0.15) is 22.5 Å². The molecule has 0 radical (unpaired) electrons. The Hall–Kier alpha value is -3.58. The highest BCUT2D eigenvalue weighted by Crippen LogP contribution is 2.25. The van der Waals surface area contributed by atoms with Gasteiger partial charge in [-0.05, 0) is 29.3 Å². The number of amides is 1. The van der Waals surface area contributed by atoms with Gasteiger partial charge in [-0.2, -0.15) is 0 Å². The van der Waals surface area contributed by atoms with Crippen LogP contribution in [0.15, 0.2) is 71.3 Å². The molecule has 1 N–H and O–H groups in total.